The Morgan fingerprint density at radius 1 is 0.793 bits per heavy atom. The fourth-order valence-corrected chi connectivity index (χ4v) is 3.59. The normalized spacial score (nSPS) is 12.5. The lowest BCUT2D eigenvalue weighted by molar-refractivity contribution is -0.115. The number of carbonyl (C=O) groups is 3. The summed E-state index contributed by atoms with van der Waals surface area (Å²) < 4.78 is 0. The van der Waals surface area contributed by atoms with Crippen molar-refractivity contribution in [3.63, 3.8) is 0 Å². The molecular formula is C25H21NO3. The third-order valence-corrected chi connectivity index (χ3v) is 5.22. The lowest BCUT2D eigenvalue weighted by atomic mass is 9.84. The predicted molar refractivity (Wildman–Crippen MR) is 113 cm³/mol. The van der Waals surface area contributed by atoms with Gasteiger partial charge in [-0.05, 0) is 35.2 Å². The van der Waals surface area contributed by atoms with Crippen LogP contribution in [0.4, 0.5) is 5.69 Å². The number of amides is 1. The second-order valence-corrected chi connectivity index (χ2v) is 7.59. The molecule has 4 nitrogen and oxygen atoms in total. The molecule has 0 heterocycles. The molecule has 0 aliphatic heterocycles. The molecule has 0 saturated heterocycles. The van der Waals surface area contributed by atoms with E-state index in [4.69, 9.17) is 0 Å². The van der Waals surface area contributed by atoms with Crippen LogP contribution in [0.2, 0.25) is 0 Å². The van der Waals surface area contributed by atoms with Gasteiger partial charge in [-0.3, -0.25) is 14.4 Å². The highest BCUT2D eigenvalue weighted by Crippen LogP contribution is 2.29. The topological polar surface area (TPSA) is 63.2 Å². The Bertz CT molecular complexity index is 1130. The molecular weight excluding hydrogens is 362 g/mol. The smallest absolute Gasteiger partial charge is 0.228 e. The van der Waals surface area contributed by atoms with Crippen LogP contribution in [-0.2, 0) is 11.2 Å². The van der Waals surface area contributed by atoms with Gasteiger partial charge in [-0.1, -0.05) is 62.4 Å². The Labute approximate surface area is 169 Å². The fourth-order valence-electron chi connectivity index (χ4n) is 3.59. The molecule has 0 fully saturated rings. The Morgan fingerprint density at radius 3 is 2.00 bits per heavy atom. The van der Waals surface area contributed by atoms with Crippen molar-refractivity contribution in [2.75, 3.05) is 5.32 Å². The molecule has 1 amide bonds. The number of carbonyl (C=O) groups excluding carboxylic acids is 3. The summed E-state index contributed by atoms with van der Waals surface area (Å²) in [6, 6.07) is 19.7. The maximum absolute atomic E-state index is 12.8. The summed E-state index contributed by atoms with van der Waals surface area (Å²) in [5.74, 6) is -0.0927. The first kappa shape index (κ1) is 18.8. The highest BCUT2D eigenvalue weighted by atomic mass is 16.2. The van der Waals surface area contributed by atoms with Crippen molar-refractivity contribution in [1.29, 1.82) is 0 Å². The molecule has 0 spiro atoms. The van der Waals surface area contributed by atoms with E-state index in [0.717, 1.165) is 5.56 Å². The van der Waals surface area contributed by atoms with E-state index < -0.39 is 0 Å². The quantitative estimate of drug-likeness (QED) is 0.552. The molecule has 144 valence electrons. The number of fused-ring (bicyclic) bond motifs is 2. The summed E-state index contributed by atoms with van der Waals surface area (Å²) in [4.78, 5) is 37.9. The zero-order chi connectivity index (χ0) is 20.5. The molecule has 4 rings (SSSR count). The first-order chi connectivity index (χ1) is 13.9. The molecule has 4 heteroatoms. The Morgan fingerprint density at radius 2 is 1.38 bits per heavy atom. The molecule has 0 saturated carbocycles. The molecule has 3 aromatic rings. The van der Waals surface area contributed by atoms with Gasteiger partial charge in [-0.15, -0.1) is 0 Å². The lowest BCUT2D eigenvalue weighted by Gasteiger charge is -2.18. The summed E-state index contributed by atoms with van der Waals surface area (Å²) in [5.41, 5.74) is 4.18. The Balaban J connectivity index is 1.53. The highest BCUT2D eigenvalue weighted by Gasteiger charge is 2.29. The molecule has 0 bridgehead atoms. The van der Waals surface area contributed by atoms with Crippen molar-refractivity contribution in [3.8, 4) is 0 Å². The van der Waals surface area contributed by atoms with Gasteiger partial charge in [-0.25, -0.2) is 0 Å². The van der Waals surface area contributed by atoms with Crippen LogP contribution in [0.15, 0.2) is 66.7 Å². The molecule has 3 aromatic carbocycles. The summed E-state index contributed by atoms with van der Waals surface area (Å²) in [7, 11) is 0. The number of hydrogen-bond acceptors (Lipinski definition) is 3. The minimum absolute atomic E-state index is 0.168. The van der Waals surface area contributed by atoms with Gasteiger partial charge in [0.2, 0.25) is 5.91 Å². The standard InChI is InChI=1S/C25H21NO3/c1-15(2)17-9-7-16(8-10-17)13-23(27)26-18-11-12-21-22(14-18)25(29)20-6-4-3-5-19(20)24(21)28/h3-12,14-15H,13H2,1-2H3,(H,26,27). The van der Waals surface area contributed by atoms with Gasteiger partial charge < -0.3 is 5.32 Å². The fraction of sp³-hybridized carbons (Fsp3) is 0.160. The van der Waals surface area contributed by atoms with Crippen LogP contribution in [0.3, 0.4) is 0 Å². The SMILES string of the molecule is CC(C)c1ccc(CC(=O)Nc2ccc3c(c2)C(=O)c2ccccc2C3=O)cc1. The molecule has 0 radical (unpaired) electrons. The largest absolute Gasteiger partial charge is 0.326 e. The van der Waals surface area contributed by atoms with Gasteiger partial charge in [-0.2, -0.15) is 0 Å². The average Bonchev–Trinajstić information content (AvgIpc) is 2.72. The van der Waals surface area contributed by atoms with Crippen LogP contribution in [0.25, 0.3) is 0 Å². The third kappa shape index (κ3) is 3.61. The minimum Gasteiger partial charge on any atom is -0.326 e. The second kappa shape index (κ2) is 7.47. The van der Waals surface area contributed by atoms with Crippen LogP contribution in [0.1, 0.15) is 62.7 Å². The van der Waals surface area contributed by atoms with Crippen LogP contribution in [0.5, 0.6) is 0 Å². The van der Waals surface area contributed by atoms with E-state index in [1.807, 2.05) is 24.3 Å². The van der Waals surface area contributed by atoms with Gasteiger partial charge in [0.15, 0.2) is 11.6 Å². The van der Waals surface area contributed by atoms with Crippen LogP contribution in [0, 0.1) is 0 Å². The summed E-state index contributed by atoms with van der Waals surface area (Å²) in [6.07, 6.45) is 0.241. The molecule has 1 aliphatic carbocycles. The first-order valence-electron chi connectivity index (χ1n) is 9.65. The van der Waals surface area contributed by atoms with Gasteiger partial charge in [0.05, 0.1) is 6.42 Å². The maximum atomic E-state index is 12.8. The van der Waals surface area contributed by atoms with Crippen LogP contribution >= 0.6 is 0 Å². The summed E-state index contributed by atoms with van der Waals surface area (Å²) in [5, 5.41) is 2.83. The number of nitrogens with one attached hydrogen (secondary N) is 1. The maximum Gasteiger partial charge on any atom is 0.228 e. The Hall–Kier alpha value is -3.53. The lowest BCUT2D eigenvalue weighted by Crippen LogP contribution is -2.21. The van der Waals surface area contributed by atoms with E-state index in [2.05, 4.69) is 19.2 Å². The number of rotatable bonds is 4. The van der Waals surface area contributed by atoms with Gasteiger partial charge in [0, 0.05) is 27.9 Å². The third-order valence-electron chi connectivity index (χ3n) is 5.22. The van der Waals surface area contributed by atoms with E-state index >= 15 is 0 Å². The summed E-state index contributed by atoms with van der Waals surface area (Å²) in [6.45, 7) is 4.25. The van der Waals surface area contributed by atoms with Crippen molar-refractivity contribution < 1.29 is 14.4 Å². The van der Waals surface area contributed by atoms with Crippen molar-refractivity contribution in [2.45, 2.75) is 26.2 Å². The average molecular weight is 383 g/mol. The van der Waals surface area contributed by atoms with Gasteiger partial charge in [0.1, 0.15) is 0 Å². The zero-order valence-electron chi connectivity index (χ0n) is 16.4. The summed E-state index contributed by atoms with van der Waals surface area (Å²) >= 11 is 0. The number of benzene rings is 3. The molecule has 0 atom stereocenters. The first-order valence-corrected chi connectivity index (χ1v) is 9.65. The predicted octanol–water partition coefficient (Wildman–Crippen LogP) is 4.77. The van der Waals surface area contributed by atoms with E-state index in [-0.39, 0.29) is 23.9 Å². The van der Waals surface area contributed by atoms with Gasteiger partial charge in [0.25, 0.3) is 0 Å². The van der Waals surface area contributed by atoms with Crippen molar-refractivity contribution in [1.82, 2.24) is 0 Å². The number of hydrogen-bond donors (Lipinski definition) is 1. The minimum atomic E-state index is -0.199. The molecule has 0 aromatic heterocycles. The van der Waals surface area contributed by atoms with Crippen LogP contribution < -0.4 is 5.32 Å². The zero-order valence-corrected chi connectivity index (χ0v) is 16.4. The van der Waals surface area contributed by atoms with E-state index in [9.17, 15) is 14.4 Å². The molecule has 1 aliphatic rings. The monoisotopic (exact) mass is 383 g/mol. The van der Waals surface area contributed by atoms with Crippen LogP contribution in [-0.4, -0.2) is 17.5 Å². The van der Waals surface area contributed by atoms with Crippen molar-refractivity contribution in [3.05, 3.63) is 100 Å². The second-order valence-electron chi connectivity index (χ2n) is 7.59. The Kier molecular flexibility index (Phi) is 4.85. The van der Waals surface area contributed by atoms with E-state index in [1.54, 1.807) is 42.5 Å². The molecule has 29 heavy (non-hydrogen) atoms. The molecule has 0 unspecified atom stereocenters. The highest BCUT2D eigenvalue weighted by molar-refractivity contribution is 6.28. The molecule has 1 N–H and O–H groups in total. The van der Waals surface area contributed by atoms with E-state index in [1.165, 1.54) is 5.56 Å². The number of ketones is 2. The van der Waals surface area contributed by atoms with Crippen molar-refractivity contribution >= 4 is 23.2 Å². The van der Waals surface area contributed by atoms with E-state index in [0.29, 0.717) is 33.9 Å². The number of anilines is 1. The van der Waals surface area contributed by atoms with Gasteiger partial charge >= 0.3 is 0 Å². The van der Waals surface area contributed by atoms with Crippen molar-refractivity contribution in [2.24, 2.45) is 0 Å².